The Morgan fingerprint density at radius 2 is 1.98 bits per heavy atom. The third-order valence-electron chi connectivity index (χ3n) is 9.74. The number of carbonyl (C=O) groups is 3. The zero-order valence-corrected chi connectivity index (χ0v) is 24.7. The number of rotatable bonds is 7. The predicted molar refractivity (Wildman–Crippen MR) is 158 cm³/mol. The van der Waals surface area contributed by atoms with Crippen LogP contribution in [0.4, 0.5) is 0 Å². The van der Waals surface area contributed by atoms with Crippen LogP contribution in [0.1, 0.15) is 55.4 Å². The second-order valence-corrected chi connectivity index (χ2v) is 12.1. The Kier molecular flexibility index (Phi) is 7.00. The summed E-state index contributed by atoms with van der Waals surface area (Å²) in [6.07, 6.45) is 7.33. The lowest BCUT2D eigenvalue weighted by atomic mass is 9.48. The number of nitrogens with zero attached hydrogens (tertiary/aromatic N) is 2. The summed E-state index contributed by atoms with van der Waals surface area (Å²) in [5.41, 5.74) is 2.56. The van der Waals surface area contributed by atoms with Gasteiger partial charge in [-0.15, -0.1) is 6.58 Å². The van der Waals surface area contributed by atoms with Crippen LogP contribution in [-0.4, -0.2) is 71.6 Å². The molecule has 2 fully saturated rings. The van der Waals surface area contributed by atoms with E-state index in [4.69, 9.17) is 14.2 Å². The smallest absolute Gasteiger partial charge is 0.308 e. The summed E-state index contributed by atoms with van der Waals surface area (Å²) in [7, 11) is 1.82. The number of carbonyl (C=O) groups excluding carboxylic acids is 3. The number of amides is 1. The minimum absolute atomic E-state index is 0.0829. The van der Waals surface area contributed by atoms with E-state index in [2.05, 4.69) is 11.5 Å². The van der Waals surface area contributed by atoms with Crippen molar-refractivity contribution in [2.45, 2.75) is 75.7 Å². The maximum atomic E-state index is 13.6. The van der Waals surface area contributed by atoms with Gasteiger partial charge in [0, 0.05) is 45.6 Å². The SMILES string of the molecule is C=CCN1CC[C@]23c4c5ccc(OC(C)=O)c4O[C@H]2[C@H](N(C)C(=O)C=Cc2cccc(C)c2)CC[C@@]3(OC(C)=O)[C@H]1C5. The molecule has 6 rings (SSSR count). The third kappa shape index (κ3) is 4.18. The molecular weight excluding hydrogens is 532 g/mol. The fourth-order valence-electron chi connectivity index (χ4n) is 8.27. The molecule has 0 aromatic heterocycles. The van der Waals surface area contributed by atoms with Gasteiger partial charge >= 0.3 is 11.9 Å². The van der Waals surface area contributed by atoms with E-state index in [1.165, 1.54) is 13.8 Å². The molecule has 2 aromatic carbocycles. The van der Waals surface area contributed by atoms with E-state index in [0.717, 1.165) is 28.8 Å². The van der Waals surface area contributed by atoms with E-state index >= 15 is 0 Å². The van der Waals surface area contributed by atoms with Crippen molar-refractivity contribution in [2.24, 2.45) is 0 Å². The van der Waals surface area contributed by atoms with Gasteiger partial charge in [0.2, 0.25) is 5.91 Å². The third-order valence-corrected chi connectivity index (χ3v) is 9.74. The van der Waals surface area contributed by atoms with Crippen molar-refractivity contribution < 1.29 is 28.6 Å². The predicted octanol–water partition coefficient (Wildman–Crippen LogP) is 4.37. The Labute approximate surface area is 246 Å². The molecular formula is C34H38N2O6. The second kappa shape index (κ2) is 10.4. The van der Waals surface area contributed by atoms with Gasteiger partial charge < -0.3 is 19.1 Å². The molecule has 8 heteroatoms. The largest absolute Gasteiger partial charge is 0.483 e. The summed E-state index contributed by atoms with van der Waals surface area (Å²) >= 11 is 0. The number of likely N-dealkylation sites (tertiary alicyclic amines) is 1. The molecule has 42 heavy (non-hydrogen) atoms. The first-order chi connectivity index (χ1) is 20.1. The van der Waals surface area contributed by atoms with Gasteiger partial charge in [0.05, 0.1) is 17.5 Å². The van der Waals surface area contributed by atoms with Crippen LogP contribution in [-0.2, 0) is 31.0 Å². The van der Waals surface area contributed by atoms with Gasteiger partial charge in [-0.3, -0.25) is 19.3 Å². The van der Waals surface area contributed by atoms with Gasteiger partial charge in [-0.2, -0.15) is 0 Å². The van der Waals surface area contributed by atoms with Crippen molar-refractivity contribution in [1.82, 2.24) is 9.80 Å². The van der Waals surface area contributed by atoms with Crippen LogP contribution >= 0.6 is 0 Å². The van der Waals surface area contributed by atoms with Crippen LogP contribution in [0, 0.1) is 6.92 Å². The molecule has 4 aliphatic rings. The molecule has 0 radical (unpaired) electrons. The Hall–Kier alpha value is -3.91. The van der Waals surface area contributed by atoms with Crippen molar-refractivity contribution in [3.8, 4) is 11.5 Å². The topological polar surface area (TPSA) is 85.4 Å². The molecule has 1 amide bonds. The molecule has 1 saturated heterocycles. The van der Waals surface area contributed by atoms with Gasteiger partial charge in [-0.25, -0.2) is 0 Å². The number of likely N-dealkylation sites (N-methyl/N-ethyl adjacent to an activating group) is 1. The van der Waals surface area contributed by atoms with Gasteiger partial charge in [-0.1, -0.05) is 42.0 Å². The summed E-state index contributed by atoms with van der Waals surface area (Å²) in [6, 6.07) is 11.4. The summed E-state index contributed by atoms with van der Waals surface area (Å²) in [5.74, 6) is -0.0124. The fourth-order valence-corrected chi connectivity index (χ4v) is 8.27. The quantitative estimate of drug-likeness (QED) is 0.212. The zero-order valence-electron chi connectivity index (χ0n) is 24.7. The van der Waals surface area contributed by atoms with Crippen LogP contribution in [0.15, 0.2) is 55.1 Å². The molecule has 2 aliphatic carbocycles. The fraction of sp³-hybridized carbons (Fsp3) is 0.441. The van der Waals surface area contributed by atoms with E-state index in [1.54, 1.807) is 17.0 Å². The monoisotopic (exact) mass is 570 g/mol. The lowest BCUT2D eigenvalue weighted by Crippen LogP contribution is -2.79. The Bertz CT molecular complexity index is 1500. The summed E-state index contributed by atoms with van der Waals surface area (Å²) in [6.45, 7) is 10.3. The standard InChI is InChI=1S/C34H38N2O6/c1-6-17-36-18-16-33-30-25-11-12-27(40-22(3)37)31(30)41-32(33)26(14-15-34(33,28(36)20-25)42-23(4)38)35(5)29(39)13-10-24-9-7-8-21(2)19-24/h6-13,19,26,28,32H,1,14-18,20H2,2-5H3/t26-,28-,32+,33+,34-/m1/s1. The molecule has 2 heterocycles. The first kappa shape index (κ1) is 28.2. The summed E-state index contributed by atoms with van der Waals surface area (Å²) in [4.78, 5) is 42.6. The second-order valence-electron chi connectivity index (χ2n) is 12.1. The van der Waals surface area contributed by atoms with E-state index < -0.39 is 23.1 Å². The molecule has 1 spiro atoms. The molecule has 8 nitrogen and oxygen atoms in total. The summed E-state index contributed by atoms with van der Waals surface area (Å²) < 4.78 is 19.0. The van der Waals surface area contributed by atoms with Crippen molar-refractivity contribution in [3.05, 3.63) is 77.4 Å². The van der Waals surface area contributed by atoms with Gasteiger partial charge in [0.1, 0.15) is 11.7 Å². The van der Waals surface area contributed by atoms with Crippen LogP contribution < -0.4 is 9.47 Å². The van der Waals surface area contributed by atoms with E-state index in [0.29, 0.717) is 43.7 Å². The normalized spacial score (nSPS) is 28.9. The number of aryl methyl sites for hydroxylation is 1. The lowest BCUT2D eigenvalue weighted by Gasteiger charge is -2.65. The van der Waals surface area contributed by atoms with Crippen molar-refractivity contribution in [3.63, 3.8) is 0 Å². The van der Waals surface area contributed by atoms with Crippen LogP contribution in [0.2, 0.25) is 0 Å². The molecule has 1 saturated carbocycles. The van der Waals surface area contributed by atoms with Crippen LogP contribution in [0.3, 0.4) is 0 Å². The van der Waals surface area contributed by atoms with Gasteiger partial charge in [0.25, 0.3) is 0 Å². The molecule has 0 N–H and O–H groups in total. The maximum absolute atomic E-state index is 13.6. The highest BCUT2D eigenvalue weighted by atomic mass is 16.6. The first-order valence-corrected chi connectivity index (χ1v) is 14.7. The number of benzene rings is 2. The van der Waals surface area contributed by atoms with Crippen LogP contribution in [0.25, 0.3) is 6.08 Å². The zero-order chi connectivity index (χ0) is 29.8. The van der Waals surface area contributed by atoms with E-state index in [9.17, 15) is 14.4 Å². The van der Waals surface area contributed by atoms with Gasteiger partial charge in [-0.05, 0) is 55.9 Å². The number of piperidine rings is 1. The highest BCUT2D eigenvalue weighted by Crippen LogP contribution is 2.67. The molecule has 5 atom stereocenters. The first-order valence-electron chi connectivity index (χ1n) is 14.7. The Morgan fingerprint density at radius 1 is 1.17 bits per heavy atom. The molecule has 220 valence electrons. The van der Waals surface area contributed by atoms with E-state index in [-0.39, 0.29) is 24.0 Å². The van der Waals surface area contributed by atoms with Crippen molar-refractivity contribution >= 4 is 23.9 Å². The lowest BCUT2D eigenvalue weighted by molar-refractivity contribution is -0.222. The maximum Gasteiger partial charge on any atom is 0.308 e. The Morgan fingerprint density at radius 3 is 2.69 bits per heavy atom. The van der Waals surface area contributed by atoms with Crippen molar-refractivity contribution in [1.29, 1.82) is 0 Å². The minimum atomic E-state index is -0.865. The molecule has 2 bridgehead atoms. The average Bonchev–Trinajstić information content (AvgIpc) is 3.29. The average molecular weight is 571 g/mol. The van der Waals surface area contributed by atoms with Crippen LogP contribution in [0.5, 0.6) is 11.5 Å². The highest BCUT2D eigenvalue weighted by molar-refractivity contribution is 5.92. The number of hydrogen-bond acceptors (Lipinski definition) is 7. The molecule has 2 aliphatic heterocycles. The molecule has 2 aromatic rings. The number of esters is 2. The highest BCUT2D eigenvalue weighted by Gasteiger charge is 2.75. The molecule has 0 unspecified atom stereocenters. The van der Waals surface area contributed by atoms with Gasteiger partial charge in [0.15, 0.2) is 11.5 Å². The van der Waals surface area contributed by atoms with E-state index in [1.807, 2.05) is 56.5 Å². The van der Waals surface area contributed by atoms with Crippen molar-refractivity contribution in [2.75, 3.05) is 20.1 Å². The number of ether oxygens (including phenoxy) is 3. The minimum Gasteiger partial charge on any atom is -0.483 e. The summed E-state index contributed by atoms with van der Waals surface area (Å²) in [5, 5.41) is 0. The Balaban J connectivity index is 1.46. The number of hydrogen-bond donors (Lipinski definition) is 0.